The first kappa shape index (κ1) is 19.6. The predicted octanol–water partition coefficient (Wildman–Crippen LogP) is 3.17. The van der Waals surface area contributed by atoms with Crippen molar-refractivity contribution in [3.63, 3.8) is 0 Å². The molecule has 0 unspecified atom stereocenters. The van der Waals surface area contributed by atoms with Crippen LogP contribution in [0.1, 0.15) is 41.3 Å². The Kier molecular flexibility index (Phi) is 4.95. The molecule has 2 aromatic rings. The maximum atomic E-state index is 13.0. The van der Waals surface area contributed by atoms with Gasteiger partial charge < -0.3 is 14.9 Å². The van der Waals surface area contributed by atoms with Gasteiger partial charge in [0, 0.05) is 31.2 Å². The van der Waals surface area contributed by atoms with Crippen molar-refractivity contribution in [1.82, 2.24) is 9.80 Å². The van der Waals surface area contributed by atoms with Gasteiger partial charge in [-0.05, 0) is 62.4 Å². The second kappa shape index (κ2) is 7.30. The number of benzene rings is 2. The Balaban J connectivity index is 1.44. The molecule has 0 bridgehead atoms. The molecule has 1 saturated carbocycles. The predicted molar refractivity (Wildman–Crippen MR) is 113 cm³/mol. The molecule has 1 saturated heterocycles. The molecule has 0 spiro atoms. The van der Waals surface area contributed by atoms with Crippen LogP contribution < -0.4 is 0 Å². The molecule has 1 N–H and O–H groups in total. The Labute approximate surface area is 171 Å². The second-order valence-corrected chi connectivity index (χ2v) is 8.53. The number of carbonyl (C=O) groups excluding carboxylic acids is 2. The Bertz CT molecular complexity index is 947. The van der Waals surface area contributed by atoms with Gasteiger partial charge in [0.25, 0.3) is 11.8 Å². The van der Waals surface area contributed by atoms with Gasteiger partial charge in [-0.25, -0.2) is 0 Å². The topological polar surface area (TPSA) is 60.9 Å². The number of aliphatic hydroxyl groups is 1. The molecule has 5 nitrogen and oxygen atoms in total. The third kappa shape index (κ3) is 3.79. The summed E-state index contributed by atoms with van der Waals surface area (Å²) >= 11 is 0. The average molecular weight is 392 g/mol. The summed E-state index contributed by atoms with van der Waals surface area (Å²) in [6.45, 7) is 7.56. The summed E-state index contributed by atoms with van der Waals surface area (Å²) in [4.78, 5) is 28.9. The standard InChI is InChI=1S/C24H28N2O3/c1-16-4-9-21(17(2)14-16)19-5-7-20(8-6-19)22(27)25-12-13-26(18(3)15-25)23(28)24(29)10-11-24/h4-9,14,18,29H,10-13,15H2,1-3H3/t18-/m1/s1. The Hall–Kier alpha value is -2.66. The van der Waals surface area contributed by atoms with E-state index in [0.717, 1.165) is 5.56 Å². The van der Waals surface area contributed by atoms with Gasteiger partial charge in [-0.3, -0.25) is 9.59 Å². The van der Waals surface area contributed by atoms with Gasteiger partial charge in [0.15, 0.2) is 0 Å². The molecule has 2 fully saturated rings. The number of nitrogens with zero attached hydrogens (tertiary/aromatic N) is 2. The van der Waals surface area contributed by atoms with Gasteiger partial charge in [-0.2, -0.15) is 0 Å². The SMILES string of the molecule is Cc1ccc(-c2ccc(C(=O)N3CCN(C(=O)C4(O)CC4)[C@H](C)C3)cc2)c(C)c1. The summed E-state index contributed by atoms with van der Waals surface area (Å²) in [5.41, 5.74) is 4.24. The van der Waals surface area contributed by atoms with E-state index in [0.29, 0.717) is 38.0 Å². The number of carbonyl (C=O) groups is 2. The average Bonchev–Trinajstić information content (AvgIpc) is 3.46. The zero-order valence-electron chi connectivity index (χ0n) is 17.3. The van der Waals surface area contributed by atoms with Crippen molar-refractivity contribution in [1.29, 1.82) is 0 Å². The van der Waals surface area contributed by atoms with E-state index in [-0.39, 0.29) is 17.9 Å². The molecule has 1 aliphatic heterocycles. The number of hydrogen-bond donors (Lipinski definition) is 1. The Morgan fingerprint density at radius 3 is 2.31 bits per heavy atom. The molecule has 1 aliphatic carbocycles. The van der Waals surface area contributed by atoms with Crippen LogP contribution in [0, 0.1) is 13.8 Å². The summed E-state index contributed by atoms with van der Waals surface area (Å²) in [5.74, 6) is -0.198. The lowest BCUT2D eigenvalue weighted by molar-refractivity contribution is -0.146. The van der Waals surface area contributed by atoms with Crippen molar-refractivity contribution < 1.29 is 14.7 Å². The van der Waals surface area contributed by atoms with Crippen LogP contribution in [0.3, 0.4) is 0 Å². The van der Waals surface area contributed by atoms with Gasteiger partial charge in [0.2, 0.25) is 0 Å². The van der Waals surface area contributed by atoms with Crippen molar-refractivity contribution in [3.05, 3.63) is 59.2 Å². The van der Waals surface area contributed by atoms with Crippen LogP contribution >= 0.6 is 0 Å². The molecule has 29 heavy (non-hydrogen) atoms. The molecular formula is C24H28N2O3. The van der Waals surface area contributed by atoms with Crippen LogP contribution in [0.15, 0.2) is 42.5 Å². The van der Waals surface area contributed by atoms with E-state index in [1.54, 1.807) is 9.80 Å². The van der Waals surface area contributed by atoms with Crippen molar-refractivity contribution in [2.24, 2.45) is 0 Å². The third-order valence-corrected chi connectivity index (χ3v) is 6.12. The molecule has 1 atom stereocenters. The Morgan fingerprint density at radius 1 is 1.03 bits per heavy atom. The first-order chi connectivity index (χ1) is 13.8. The van der Waals surface area contributed by atoms with E-state index < -0.39 is 5.60 Å². The fourth-order valence-electron chi connectivity index (χ4n) is 4.16. The number of rotatable bonds is 3. The van der Waals surface area contributed by atoms with Crippen LogP contribution in [-0.4, -0.2) is 58.0 Å². The van der Waals surface area contributed by atoms with E-state index in [9.17, 15) is 14.7 Å². The fraction of sp³-hybridized carbons (Fsp3) is 0.417. The summed E-state index contributed by atoms with van der Waals surface area (Å²) in [6, 6.07) is 14.0. The highest BCUT2D eigenvalue weighted by Crippen LogP contribution is 2.37. The van der Waals surface area contributed by atoms with Crippen molar-refractivity contribution in [3.8, 4) is 11.1 Å². The van der Waals surface area contributed by atoms with E-state index in [4.69, 9.17) is 0 Å². The monoisotopic (exact) mass is 392 g/mol. The molecule has 0 aromatic heterocycles. The van der Waals surface area contributed by atoms with E-state index in [1.807, 2.05) is 31.2 Å². The lowest BCUT2D eigenvalue weighted by atomic mass is 9.97. The van der Waals surface area contributed by atoms with Crippen molar-refractivity contribution in [2.75, 3.05) is 19.6 Å². The largest absolute Gasteiger partial charge is 0.380 e. The van der Waals surface area contributed by atoms with Gasteiger partial charge >= 0.3 is 0 Å². The highest BCUT2D eigenvalue weighted by molar-refractivity contribution is 5.95. The lowest BCUT2D eigenvalue weighted by Crippen LogP contribution is -2.57. The van der Waals surface area contributed by atoms with Gasteiger partial charge in [-0.1, -0.05) is 35.9 Å². The van der Waals surface area contributed by atoms with Crippen LogP contribution in [0.2, 0.25) is 0 Å². The summed E-state index contributed by atoms with van der Waals surface area (Å²) in [7, 11) is 0. The third-order valence-electron chi connectivity index (χ3n) is 6.12. The molecular weight excluding hydrogens is 364 g/mol. The quantitative estimate of drug-likeness (QED) is 0.873. The molecule has 5 heteroatoms. The summed E-state index contributed by atoms with van der Waals surface area (Å²) in [5, 5.41) is 10.1. The normalized spacial score (nSPS) is 20.5. The maximum Gasteiger partial charge on any atom is 0.254 e. The zero-order valence-corrected chi connectivity index (χ0v) is 17.3. The number of amides is 2. The molecule has 4 rings (SSSR count). The first-order valence-electron chi connectivity index (χ1n) is 10.3. The highest BCUT2D eigenvalue weighted by atomic mass is 16.3. The molecule has 2 amide bonds. The van der Waals surface area contributed by atoms with E-state index in [1.165, 1.54) is 16.7 Å². The number of piperazine rings is 1. The molecule has 1 heterocycles. The van der Waals surface area contributed by atoms with Crippen LogP contribution in [-0.2, 0) is 4.79 Å². The fourth-order valence-corrected chi connectivity index (χ4v) is 4.16. The molecule has 0 radical (unpaired) electrons. The van der Waals surface area contributed by atoms with Crippen LogP contribution in [0.25, 0.3) is 11.1 Å². The van der Waals surface area contributed by atoms with Crippen molar-refractivity contribution >= 4 is 11.8 Å². The molecule has 2 aromatic carbocycles. The summed E-state index contributed by atoms with van der Waals surface area (Å²) in [6.07, 6.45) is 1.09. The molecule has 152 valence electrons. The number of aryl methyl sites for hydroxylation is 2. The van der Waals surface area contributed by atoms with Gasteiger partial charge in [0.05, 0.1) is 0 Å². The first-order valence-corrected chi connectivity index (χ1v) is 10.3. The minimum absolute atomic E-state index is 0.0127. The Morgan fingerprint density at radius 2 is 1.72 bits per heavy atom. The minimum atomic E-state index is -1.15. The molecule has 2 aliphatic rings. The number of hydrogen-bond acceptors (Lipinski definition) is 3. The second-order valence-electron chi connectivity index (χ2n) is 8.53. The summed E-state index contributed by atoms with van der Waals surface area (Å²) < 4.78 is 0. The van der Waals surface area contributed by atoms with Gasteiger partial charge in [0.1, 0.15) is 5.60 Å². The maximum absolute atomic E-state index is 13.0. The van der Waals surface area contributed by atoms with Gasteiger partial charge in [-0.15, -0.1) is 0 Å². The zero-order chi connectivity index (χ0) is 20.8. The van der Waals surface area contributed by atoms with E-state index in [2.05, 4.69) is 32.0 Å². The smallest absolute Gasteiger partial charge is 0.254 e. The van der Waals surface area contributed by atoms with Crippen LogP contribution in [0.5, 0.6) is 0 Å². The lowest BCUT2D eigenvalue weighted by Gasteiger charge is -2.40. The van der Waals surface area contributed by atoms with Crippen molar-refractivity contribution in [2.45, 2.75) is 45.3 Å². The minimum Gasteiger partial charge on any atom is -0.380 e. The highest BCUT2D eigenvalue weighted by Gasteiger charge is 2.51. The van der Waals surface area contributed by atoms with Crippen LogP contribution in [0.4, 0.5) is 0 Å². The van der Waals surface area contributed by atoms with E-state index >= 15 is 0 Å².